The van der Waals surface area contributed by atoms with Crippen molar-refractivity contribution in [2.45, 2.75) is 11.4 Å². The predicted octanol–water partition coefficient (Wildman–Crippen LogP) is 2.69. The third-order valence-corrected chi connectivity index (χ3v) is 4.98. The van der Waals surface area contributed by atoms with Crippen molar-refractivity contribution in [2.24, 2.45) is 0 Å². The fourth-order valence-electron chi connectivity index (χ4n) is 1.57. The Labute approximate surface area is 123 Å². The zero-order chi connectivity index (χ0) is 15.6. The highest BCUT2D eigenvalue weighted by atomic mass is 32.2. The average molecular weight is 336 g/mol. The molecule has 0 fully saturated rings. The molecule has 0 aliphatic heterocycles. The van der Waals surface area contributed by atoms with Crippen LogP contribution < -0.4 is 10.0 Å². The molecule has 114 valence electrons. The monoisotopic (exact) mass is 336 g/mol. The Hall–Kier alpha value is -1.58. The van der Waals surface area contributed by atoms with Gasteiger partial charge in [0.2, 0.25) is 0 Å². The van der Waals surface area contributed by atoms with E-state index in [4.69, 9.17) is 0 Å². The standard InChI is InChI=1S/C12H11F3N2O2S2/c1-16-5-7-2-8(6-20-7)21(18,19)17-12-4-10(14)9(13)3-11(12)15/h2-4,6,16-17H,5H2,1H3. The summed E-state index contributed by atoms with van der Waals surface area (Å²) in [6.45, 7) is 0.486. The fourth-order valence-corrected chi connectivity index (χ4v) is 3.92. The largest absolute Gasteiger partial charge is 0.315 e. The summed E-state index contributed by atoms with van der Waals surface area (Å²) in [5.41, 5.74) is -0.643. The Bertz CT molecular complexity index is 760. The van der Waals surface area contributed by atoms with E-state index in [1.807, 2.05) is 4.72 Å². The molecule has 2 N–H and O–H groups in total. The first-order valence-corrected chi connectivity index (χ1v) is 8.09. The van der Waals surface area contributed by atoms with Crippen molar-refractivity contribution in [2.75, 3.05) is 11.8 Å². The van der Waals surface area contributed by atoms with Crippen molar-refractivity contribution in [3.05, 3.63) is 45.9 Å². The maximum Gasteiger partial charge on any atom is 0.262 e. The first-order chi connectivity index (χ1) is 9.83. The number of nitrogens with one attached hydrogen (secondary N) is 2. The summed E-state index contributed by atoms with van der Waals surface area (Å²) >= 11 is 1.21. The van der Waals surface area contributed by atoms with Crippen LogP contribution >= 0.6 is 11.3 Å². The van der Waals surface area contributed by atoms with E-state index in [2.05, 4.69) is 5.32 Å². The van der Waals surface area contributed by atoms with Crippen LogP contribution in [0.3, 0.4) is 0 Å². The minimum absolute atomic E-state index is 0.0677. The van der Waals surface area contributed by atoms with Crippen LogP contribution in [-0.2, 0) is 16.6 Å². The van der Waals surface area contributed by atoms with E-state index < -0.39 is 33.2 Å². The topological polar surface area (TPSA) is 58.2 Å². The van der Waals surface area contributed by atoms with Gasteiger partial charge in [-0.15, -0.1) is 11.3 Å². The molecule has 0 radical (unpaired) electrons. The minimum Gasteiger partial charge on any atom is -0.315 e. The summed E-state index contributed by atoms with van der Waals surface area (Å²) in [7, 11) is -2.35. The Morgan fingerprint density at radius 2 is 1.76 bits per heavy atom. The van der Waals surface area contributed by atoms with Crippen LogP contribution in [0.4, 0.5) is 18.9 Å². The van der Waals surface area contributed by atoms with E-state index in [-0.39, 0.29) is 11.0 Å². The second kappa shape index (κ2) is 6.04. The molecule has 0 atom stereocenters. The van der Waals surface area contributed by atoms with Crippen molar-refractivity contribution in [1.29, 1.82) is 0 Å². The SMILES string of the molecule is CNCc1cc(S(=O)(=O)Nc2cc(F)c(F)cc2F)cs1. The Morgan fingerprint density at radius 3 is 2.43 bits per heavy atom. The molecule has 21 heavy (non-hydrogen) atoms. The molecule has 1 aromatic carbocycles. The van der Waals surface area contributed by atoms with Crippen LogP contribution in [-0.4, -0.2) is 15.5 Å². The molecule has 0 saturated heterocycles. The number of thiophene rings is 1. The van der Waals surface area contributed by atoms with Gasteiger partial charge in [-0.2, -0.15) is 0 Å². The Morgan fingerprint density at radius 1 is 1.10 bits per heavy atom. The molecule has 1 heterocycles. The number of sulfonamides is 1. The highest BCUT2D eigenvalue weighted by Crippen LogP contribution is 2.24. The van der Waals surface area contributed by atoms with E-state index in [0.29, 0.717) is 12.6 Å². The molecule has 1 aromatic heterocycles. The van der Waals surface area contributed by atoms with E-state index >= 15 is 0 Å². The molecule has 2 rings (SSSR count). The van der Waals surface area contributed by atoms with Crippen molar-refractivity contribution >= 4 is 27.0 Å². The number of anilines is 1. The van der Waals surface area contributed by atoms with Gasteiger partial charge >= 0.3 is 0 Å². The van der Waals surface area contributed by atoms with Crippen LogP contribution in [0.25, 0.3) is 0 Å². The van der Waals surface area contributed by atoms with Gasteiger partial charge in [0, 0.05) is 28.9 Å². The molecule has 0 bridgehead atoms. The third-order valence-electron chi connectivity index (χ3n) is 2.55. The second-order valence-corrected chi connectivity index (χ2v) is 6.81. The number of benzene rings is 1. The highest BCUT2D eigenvalue weighted by Gasteiger charge is 2.19. The van der Waals surface area contributed by atoms with Crippen molar-refractivity contribution < 1.29 is 21.6 Å². The number of hydrogen-bond donors (Lipinski definition) is 2. The maximum atomic E-state index is 13.5. The van der Waals surface area contributed by atoms with Gasteiger partial charge < -0.3 is 5.32 Å². The first kappa shape index (κ1) is 15.8. The molecule has 0 saturated carbocycles. The van der Waals surface area contributed by atoms with Gasteiger partial charge in [-0.05, 0) is 13.1 Å². The number of halogens is 3. The van der Waals surface area contributed by atoms with Crippen LogP contribution in [0.5, 0.6) is 0 Å². The fraction of sp³-hybridized carbons (Fsp3) is 0.167. The maximum absolute atomic E-state index is 13.5. The predicted molar refractivity (Wildman–Crippen MR) is 74.2 cm³/mol. The lowest BCUT2D eigenvalue weighted by molar-refractivity contribution is 0.496. The second-order valence-electron chi connectivity index (χ2n) is 4.13. The highest BCUT2D eigenvalue weighted by molar-refractivity contribution is 7.92. The molecule has 9 heteroatoms. The summed E-state index contributed by atoms with van der Waals surface area (Å²) < 4.78 is 65.3. The van der Waals surface area contributed by atoms with Crippen molar-refractivity contribution in [3.8, 4) is 0 Å². The molecule has 4 nitrogen and oxygen atoms in total. The summed E-state index contributed by atoms with van der Waals surface area (Å²) in [4.78, 5) is 0.700. The van der Waals surface area contributed by atoms with Gasteiger partial charge in [0.1, 0.15) is 5.82 Å². The van der Waals surface area contributed by atoms with E-state index in [0.717, 1.165) is 4.88 Å². The van der Waals surface area contributed by atoms with Gasteiger partial charge in [0.25, 0.3) is 10.0 Å². The van der Waals surface area contributed by atoms with Crippen LogP contribution in [0.1, 0.15) is 4.88 Å². The van der Waals surface area contributed by atoms with Gasteiger partial charge in [-0.3, -0.25) is 4.72 Å². The quantitative estimate of drug-likeness (QED) is 0.826. The van der Waals surface area contributed by atoms with E-state index in [9.17, 15) is 21.6 Å². The smallest absolute Gasteiger partial charge is 0.262 e. The molecule has 2 aromatic rings. The van der Waals surface area contributed by atoms with E-state index in [1.165, 1.54) is 22.8 Å². The van der Waals surface area contributed by atoms with Gasteiger partial charge in [0.15, 0.2) is 11.6 Å². The summed E-state index contributed by atoms with van der Waals surface area (Å²) in [6, 6.07) is 2.16. The third kappa shape index (κ3) is 3.55. The molecule has 0 spiro atoms. The zero-order valence-electron chi connectivity index (χ0n) is 10.8. The molecule has 0 aliphatic carbocycles. The molecule has 0 aliphatic rings. The Kier molecular flexibility index (Phi) is 4.55. The number of rotatable bonds is 5. The molecule has 0 amide bonds. The van der Waals surface area contributed by atoms with Crippen LogP contribution in [0.15, 0.2) is 28.5 Å². The number of hydrogen-bond acceptors (Lipinski definition) is 4. The first-order valence-electron chi connectivity index (χ1n) is 5.73. The average Bonchev–Trinajstić information content (AvgIpc) is 2.86. The van der Waals surface area contributed by atoms with Crippen molar-refractivity contribution in [1.82, 2.24) is 5.32 Å². The van der Waals surface area contributed by atoms with Gasteiger partial charge in [-0.1, -0.05) is 0 Å². The summed E-state index contributed by atoms with van der Waals surface area (Å²) in [5, 5.41) is 4.25. The summed E-state index contributed by atoms with van der Waals surface area (Å²) in [5.74, 6) is -3.92. The molecular formula is C12H11F3N2O2S2. The van der Waals surface area contributed by atoms with Gasteiger partial charge in [-0.25, -0.2) is 21.6 Å². The Balaban J connectivity index is 2.30. The normalized spacial score (nSPS) is 11.6. The van der Waals surface area contributed by atoms with E-state index in [1.54, 1.807) is 7.05 Å². The van der Waals surface area contributed by atoms with Crippen LogP contribution in [0.2, 0.25) is 0 Å². The minimum atomic E-state index is -4.06. The van der Waals surface area contributed by atoms with Crippen molar-refractivity contribution in [3.63, 3.8) is 0 Å². The lowest BCUT2D eigenvalue weighted by Crippen LogP contribution is -2.14. The molecular weight excluding hydrogens is 325 g/mol. The lowest BCUT2D eigenvalue weighted by Gasteiger charge is -2.08. The van der Waals surface area contributed by atoms with Gasteiger partial charge in [0.05, 0.1) is 10.6 Å². The summed E-state index contributed by atoms with van der Waals surface area (Å²) in [6.07, 6.45) is 0. The lowest BCUT2D eigenvalue weighted by atomic mass is 10.3. The van der Waals surface area contributed by atoms with Crippen LogP contribution in [0, 0.1) is 17.5 Å². The zero-order valence-corrected chi connectivity index (χ0v) is 12.4. The molecule has 0 unspecified atom stereocenters.